The first-order valence-corrected chi connectivity index (χ1v) is 7.67. The van der Waals surface area contributed by atoms with Gasteiger partial charge in [-0.05, 0) is 19.1 Å². The van der Waals surface area contributed by atoms with E-state index in [9.17, 15) is 4.79 Å². The van der Waals surface area contributed by atoms with Gasteiger partial charge in [0.1, 0.15) is 11.5 Å². The molecule has 0 aliphatic rings. The third kappa shape index (κ3) is 2.30. The van der Waals surface area contributed by atoms with Crippen LogP contribution in [0.2, 0.25) is 0 Å². The first kappa shape index (κ1) is 13.7. The number of H-pyrrole nitrogens is 1. The van der Waals surface area contributed by atoms with Crippen molar-refractivity contribution in [1.29, 1.82) is 0 Å². The highest BCUT2D eigenvalue weighted by Gasteiger charge is 2.18. The van der Waals surface area contributed by atoms with Crippen molar-refractivity contribution in [3.05, 3.63) is 35.3 Å². The Balaban J connectivity index is 1.70. The van der Waals surface area contributed by atoms with Gasteiger partial charge >= 0.3 is 0 Å². The molecule has 116 valence electrons. The van der Waals surface area contributed by atoms with Crippen LogP contribution in [0.5, 0.6) is 0 Å². The zero-order valence-corrected chi connectivity index (χ0v) is 12.9. The second kappa shape index (κ2) is 5.06. The summed E-state index contributed by atoms with van der Waals surface area (Å²) in [6.45, 7) is 2.07. The van der Waals surface area contributed by atoms with Crippen LogP contribution in [0.25, 0.3) is 21.1 Å². The van der Waals surface area contributed by atoms with E-state index in [1.54, 1.807) is 13.0 Å². The number of thiazole rings is 1. The third-order valence-corrected chi connectivity index (χ3v) is 4.34. The van der Waals surface area contributed by atoms with Crippen molar-refractivity contribution in [1.82, 2.24) is 25.7 Å². The molecule has 0 bridgehead atoms. The van der Waals surface area contributed by atoms with Crippen LogP contribution >= 0.6 is 11.3 Å². The van der Waals surface area contributed by atoms with Crippen LogP contribution in [0, 0.1) is 6.92 Å². The topological polar surface area (TPSA) is 123 Å². The molecule has 1 aromatic carbocycles. The maximum atomic E-state index is 12.5. The highest BCUT2D eigenvalue weighted by molar-refractivity contribution is 7.23. The fraction of sp³-hybridized carbons (Fsp3) is 0.143. The van der Waals surface area contributed by atoms with Crippen LogP contribution in [0.3, 0.4) is 0 Å². The van der Waals surface area contributed by atoms with Crippen molar-refractivity contribution in [2.24, 2.45) is 0 Å². The van der Waals surface area contributed by atoms with E-state index in [1.807, 2.05) is 12.1 Å². The third-order valence-electron chi connectivity index (χ3n) is 3.42. The number of nitrogens with two attached hydrogens (primary N) is 1. The number of nitrogens with zero attached hydrogens (tertiary/aromatic N) is 3. The van der Waals surface area contributed by atoms with E-state index >= 15 is 0 Å². The molecule has 3 aromatic heterocycles. The van der Waals surface area contributed by atoms with Crippen LogP contribution in [0.1, 0.15) is 21.9 Å². The molecule has 9 heteroatoms. The molecule has 0 aliphatic heterocycles. The summed E-state index contributed by atoms with van der Waals surface area (Å²) < 4.78 is 5.82. The van der Waals surface area contributed by atoms with Crippen molar-refractivity contribution in [3.63, 3.8) is 0 Å². The zero-order valence-electron chi connectivity index (χ0n) is 12.1. The molecule has 0 atom stereocenters. The Labute approximate surface area is 133 Å². The number of amides is 1. The van der Waals surface area contributed by atoms with Gasteiger partial charge in [-0.25, -0.2) is 4.98 Å². The normalized spacial score (nSPS) is 11.3. The van der Waals surface area contributed by atoms with Gasteiger partial charge in [0.25, 0.3) is 5.91 Å². The predicted octanol–water partition coefficient (Wildman–Crippen LogP) is 1.98. The molecule has 0 radical (unpaired) electrons. The van der Waals surface area contributed by atoms with E-state index in [1.165, 1.54) is 11.3 Å². The lowest BCUT2D eigenvalue weighted by molar-refractivity contribution is 0.0946. The second-order valence-electron chi connectivity index (χ2n) is 5.07. The Morgan fingerprint density at radius 3 is 3.13 bits per heavy atom. The molecule has 3 heterocycles. The van der Waals surface area contributed by atoms with Gasteiger partial charge in [-0.1, -0.05) is 16.5 Å². The van der Waals surface area contributed by atoms with Gasteiger partial charge in [-0.2, -0.15) is 5.10 Å². The van der Waals surface area contributed by atoms with Gasteiger partial charge in [0.15, 0.2) is 10.8 Å². The number of nitrogens with one attached hydrogen (secondary N) is 2. The highest BCUT2D eigenvalue weighted by Crippen LogP contribution is 2.32. The number of carbonyl (C=O) groups excluding carboxylic acids is 1. The van der Waals surface area contributed by atoms with Crippen LogP contribution in [0.4, 0.5) is 5.13 Å². The van der Waals surface area contributed by atoms with E-state index in [0.29, 0.717) is 22.3 Å². The summed E-state index contributed by atoms with van der Waals surface area (Å²) in [7, 11) is 0. The molecule has 4 rings (SSSR count). The summed E-state index contributed by atoms with van der Waals surface area (Å²) in [4.78, 5) is 16.7. The van der Waals surface area contributed by atoms with E-state index in [0.717, 1.165) is 21.1 Å². The number of nitrogen functional groups attached to an aromatic ring is 1. The summed E-state index contributed by atoms with van der Waals surface area (Å²) in [5.41, 5.74) is 8.26. The van der Waals surface area contributed by atoms with Gasteiger partial charge in [-0.15, -0.1) is 0 Å². The molecule has 8 nitrogen and oxygen atoms in total. The van der Waals surface area contributed by atoms with Crippen LogP contribution in [-0.4, -0.2) is 26.2 Å². The first-order valence-electron chi connectivity index (χ1n) is 6.85. The van der Waals surface area contributed by atoms with Crippen LogP contribution in [-0.2, 0) is 6.54 Å². The monoisotopic (exact) mass is 328 g/mol. The van der Waals surface area contributed by atoms with Crippen molar-refractivity contribution in [2.75, 3.05) is 5.73 Å². The number of hydrogen-bond donors (Lipinski definition) is 3. The fourth-order valence-corrected chi connectivity index (χ4v) is 3.31. The van der Waals surface area contributed by atoms with Gasteiger partial charge in [-0.3, -0.25) is 9.89 Å². The molecule has 0 saturated carbocycles. The Kier molecular flexibility index (Phi) is 3.01. The molecule has 0 saturated heterocycles. The van der Waals surface area contributed by atoms with Crippen LogP contribution in [0.15, 0.2) is 22.7 Å². The Hall–Kier alpha value is -2.94. The fourth-order valence-electron chi connectivity index (χ4n) is 2.43. The predicted molar refractivity (Wildman–Crippen MR) is 86.1 cm³/mol. The van der Waals surface area contributed by atoms with E-state index in [-0.39, 0.29) is 12.5 Å². The lowest BCUT2D eigenvalue weighted by Gasteiger charge is -2.00. The molecular formula is C14H12N6O2S. The number of rotatable bonds is 3. The van der Waals surface area contributed by atoms with E-state index in [4.69, 9.17) is 10.3 Å². The molecule has 0 spiro atoms. The number of benzene rings is 1. The zero-order chi connectivity index (χ0) is 16.0. The molecule has 0 aliphatic carbocycles. The number of aryl methyl sites for hydroxylation is 1. The maximum Gasteiger partial charge on any atom is 0.272 e. The minimum absolute atomic E-state index is 0.269. The van der Waals surface area contributed by atoms with Gasteiger partial charge in [0, 0.05) is 6.07 Å². The molecule has 1 amide bonds. The van der Waals surface area contributed by atoms with Crippen molar-refractivity contribution >= 4 is 43.5 Å². The number of aromatic nitrogens is 4. The quantitative estimate of drug-likeness (QED) is 0.528. The Morgan fingerprint density at radius 1 is 1.48 bits per heavy atom. The minimum atomic E-state index is -0.295. The Morgan fingerprint density at radius 2 is 2.35 bits per heavy atom. The average molecular weight is 328 g/mol. The second-order valence-corrected chi connectivity index (χ2v) is 6.10. The number of carbonyl (C=O) groups is 1. The van der Waals surface area contributed by atoms with Gasteiger partial charge < -0.3 is 15.6 Å². The highest BCUT2D eigenvalue weighted by atomic mass is 32.1. The summed E-state index contributed by atoms with van der Waals surface area (Å²) in [6.07, 6.45) is 0. The standard InChI is InChI=1S/C14H12N6O2S/c1-6-4-7(20-22-6)5-16-13(21)11-10-8(18-19-11)2-3-9-12(10)23-14(15)17-9/h2-4H,5H2,1H3,(H2,15,17)(H,16,21)(H,18,19). The molecule has 0 fully saturated rings. The minimum Gasteiger partial charge on any atom is -0.375 e. The lowest BCUT2D eigenvalue weighted by Crippen LogP contribution is -2.23. The smallest absolute Gasteiger partial charge is 0.272 e. The number of hydrogen-bond acceptors (Lipinski definition) is 7. The maximum absolute atomic E-state index is 12.5. The van der Waals surface area contributed by atoms with Crippen LogP contribution < -0.4 is 11.1 Å². The van der Waals surface area contributed by atoms with Crippen molar-refractivity contribution < 1.29 is 9.32 Å². The molecule has 0 unspecified atom stereocenters. The summed E-state index contributed by atoms with van der Waals surface area (Å²) in [5, 5.41) is 14.8. The molecule has 23 heavy (non-hydrogen) atoms. The first-order chi connectivity index (χ1) is 11.1. The van der Waals surface area contributed by atoms with Gasteiger partial charge in [0.2, 0.25) is 0 Å². The van der Waals surface area contributed by atoms with Crippen molar-refractivity contribution in [3.8, 4) is 0 Å². The summed E-state index contributed by atoms with van der Waals surface area (Å²) in [6, 6.07) is 5.45. The number of anilines is 1. The molecular weight excluding hydrogens is 316 g/mol. The number of fused-ring (bicyclic) bond motifs is 3. The Bertz CT molecular complexity index is 1030. The molecule has 4 N–H and O–H groups in total. The largest absolute Gasteiger partial charge is 0.375 e. The SMILES string of the molecule is Cc1cc(CNC(=O)c2n[nH]c3ccc4nc(N)sc4c23)no1. The number of aromatic amines is 1. The summed E-state index contributed by atoms with van der Waals surface area (Å²) >= 11 is 1.33. The summed E-state index contributed by atoms with van der Waals surface area (Å²) in [5.74, 6) is 0.401. The van der Waals surface area contributed by atoms with Gasteiger partial charge in [0.05, 0.1) is 27.7 Å². The van der Waals surface area contributed by atoms with Crippen molar-refractivity contribution in [2.45, 2.75) is 13.5 Å². The van der Waals surface area contributed by atoms with E-state index in [2.05, 4.69) is 25.7 Å². The molecule has 4 aromatic rings. The lowest BCUT2D eigenvalue weighted by atomic mass is 10.2. The van der Waals surface area contributed by atoms with E-state index < -0.39 is 0 Å². The average Bonchev–Trinajstić information content (AvgIpc) is 3.21.